The first-order chi connectivity index (χ1) is 8.88. The SMILES string of the molecule is CNCCCS(=O)(=O)N(C)C(C)c1ccc(Cl)cc1. The molecule has 1 aromatic carbocycles. The summed E-state index contributed by atoms with van der Waals surface area (Å²) in [5, 5.41) is 3.60. The molecule has 1 aromatic rings. The molecule has 0 spiro atoms. The van der Waals surface area contributed by atoms with Crippen molar-refractivity contribution in [1.82, 2.24) is 9.62 Å². The standard InChI is InChI=1S/C13H21ClN2O2S/c1-11(12-5-7-13(14)8-6-12)16(3)19(17,18)10-4-9-15-2/h5-8,11,15H,4,9-10H2,1-3H3. The second-order valence-corrected chi connectivity index (χ2v) is 7.10. The molecule has 1 rings (SSSR count). The van der Waals surface area contributed by atoms with Crippen LogP contribution in [0.15, 0.2) is 24.3 Å². The lowest BCUT2D eigenvalue weighted by Gasteiger charge is -2.24. The van der Waals surface area contributed by atoms with Gasteiger partial charge >= 0.3 is 0 Å². The monoisotopic (exact) mass is 304 g/mol. The minimum absolute atomic E-state index is 0.155. The Bertz CT molecular complexity index is 488. The van der Waals surface area contributed by atoms with Crippen molar-refractivity contribution in [2.24, 2.45) is 0 Å². The van der Waals surface area contributed by atoms with Crippen molar-refractivity contribution in [3.63, 3.8) is 0 Å². The van der Waals surface area contributed by atoms with E-state index >= 15 is 0 Å². The van der Waals surface area contributed by atoms with Gasteiger partial charge in [0.1, 0.15) is 0 Å². The van der Waals surface area contributed by atoms with Crippen LogP contribution in [0.4, 0.5) is 0 Å². The van der Waals surface area contributed by atoms with Gasteiger partial charge in [0.15, 0.2) is 0 Å². The molecular weight excluding hydrogens is 284 g/mol. The van der Waals surface area contributed by atoms with Gasteiger partial charge in [0.05, 0.1) is 5.75 Å². The fourth-order valence-electron chi connectivity index (χ4n) is 1.77. The molecule has 0 amide bonds. The lowest BCUT2D eigenvalue weighted by Crippen LogP contribution is -2.32. The maximum atomic E-state index is 12.2. The molecule has 0 fully saturated rings. The number of benzene rings is 1. The molecule has 108 valence electrons. The molecule has 1 unspecified atom stereocenters. The Labute approximate surface area is 120 Å². The molecule has 1 N–H and O–H groups in total. The topological polar surface area (TPSA) is 49.4 Å². The maximum Gasteiger partial charge on any atom is 0.214 e. The Morgan fingerprint density at radius 1 is 1.32 bits per heavy atom. The summed E-state index contributed by atoms with van der Waals surface area (Å²) in [6.07, 6.45) is 0.608. The lowest BCUT2D eigenvalue weighted by atomic mass is 10.1. The molecule has 4 nitrogen and oxygen atoms in total. The van der Waals surface area contributed by atoms with Crippen molar-refractivity contribution in [2.45, 2.75) is 19.4 Å². The van der Waals surface area contributed by atoms with E-state index in [1.165, 1.54) is 4.31 Å². The molecule has 0 aliphatic heterocycles. The van der Waals surface area contributed by atoms with Crippen LogP contribution in [0.25, 0.3) is 0 Å². The van der Waals surface area contributed by atoms with Crippen molar-refractivity contribution in [3.05, 3.63) is 34.9 Å². The summed E-state index contributed by atoms with van der Waals surface area (Å²) < 4.78 is 25.7. The fourth-order valence-corrected chi connectivity index (χ4v) is 3.29. The zero-order valence-corrected chi connectivity index (χ0v) is 13.1. The third kappa shape index (κ3) is 4.76. The Kier molecular flexibility index (Phi) is 6.26. The van der Waals surface area contributed by atoms with Gasteiger partial charge in [0, 0.05) is 18.1 Å². The first-order valence-electron chi connectivity index (χ1n) is 6.24. The largest absolute Gasteiger partial charge is 0.320 e. The van der Waals surface area contributed by atoms with Crippen LogP contribution in [0.3, 0.4) is 0 Å². The zero-order valence-electron chi connectivity index (χ0n) is 11.6. The van der Waals surface area contributed by atoms with E-state index in [4.69, 9.17) is 11.6 Å². The normalized spacial score (nSPS) is 13.7. The van der Waals surface area contributed by atoms with Crippen LogP contribution in [-0.2, 0) is 10.0 Å². The highest BCUT2D eigenvalue weighted by Gasteiger charge is 2.23. The molecule has 6 heteroatoms. The second-order valence-electron chi connectivity index (χ2n) is 4.52. The molecule has 0 saturated heterocycles. The van der Waals surface area contributed by atoms with Gasteiger partial charge in [-0.2, -0.15) is 4.31 Å². The maximum absolute atomic E-state index is 12.2. The predicted molar refractivity (Wildman–Crippen MR) is 80.0 cm³/mol. The van der Waals surface area contributed by atoms with Gasteiger partial charge in [-0.25, -0.2) is 8.42 Å². The molecule has 0 bridgehead atoms. The highest BCUT2D eigenvalue weighted by atomic mass is 35.5. The summed E-state index contributed by atoms with van der Waals surface area (Å²) in [6.45, 7) is 2.57. The van der Waals surface area contributed by atoms with Crippen LogP contribution < -0.4 is 5.32 Å². The molecule has 0 saturated carbocycles. The molecule has 1 atom stereocenters. The minimum Gasteiger partial charge on any atom is -0.320 e. The van der Waals surface area contributed by atoms with Gasteiger partial charge < -0.3 is 5.32 Å². The number of sulfonamides is 1. The van der Waals surface area contributed by atoms with E-state index in [9.17, 15) is 8.42 Å². The molecule has 0 heterocycles. The van der Waals surface area contributed by atoms with Crippen molar-refractivity contribution < 1.29 is 8.42 Å². The predicted octanol–water partition coefficient (Wildman–Crippen LogP) is 2.27. The summed E-state index contributed by atoms with van der Waals surface area (Å²) in [5.41, 5.74) is 0.934. The van der Waals surface area contributed by atoms with Crippen LogP contribution in [0.1, 0.15) is 24.9 Å². The quantitative estimate of drug-likeness (QED) is 0.786. The molecule has 0 radical (unpaired) electrons. The molecule has 0 aliphatic carbocycles. The van der Waals surface area contributed by atoms with E-state index in [0.29, 0.717) is 18.0 Å². The smallest absolute Gasteiger partial charge is 0.214 e. The summed E-state index contributed by atoms with van der Waals surface area (Å²) in [7, 11) is 0.202. The van der Waals surface area contributed by atoms with Crippen LogP contribution >= 0.6 is 11.6 Å². The molecule has 19 heavy (non-hydrogen) atoms. The number of nitrogens with one attached hydrogen (secondary N) is 1. The van der Waals surface area contributed by atoms with Crippen molar-refractivity contribution in [1.29, 1.82) is 0 Å². The number of halogens is 1. The minimum atomic E-state index is -3.23. The number of hydrogen-bond donors (Lipinski definition) is 1. The van der Waals surface area contributed by atoms with E-state index in [0.717, 1.165) is 5.56 Å². The summed E-state index contributed by atoms with van der Waals surface area (Å²) >= 11 is 5.83. The van der Waals surface area contributed by atoms with Gasteiger partial charge in [0.2, 0.25) is 10.0 Å². The summed E-state index contributed by atoms with van der Waals surface area (Å²) in [6, 6.07) is 7.06. The van der Waals surface area contributed by atoms with Crippen molar-refractivity contribution in [3.8, 4) is 0 Å². The summed E-state index contributed by atoms with van der Waals surface area (Å²) in [5.74, 6) is 0.155. The average molecular weight is 305 g/mol. The third-order valence-electron chi connectivity index (χ3n) is 3.17. The first kappa shape index (κ1) is 16.4. The van der Waals surface area contributed by atoms with E-state index in [1.54, 1.807) is 19.2 Å². The van der Waals surface area contributed by atoms with Crippen LogP contribution in [0.5, 0.6) is 0 Å². The van der Waals surface area contributed by atoms with Crippen LogP contribution in [-0.4, -0.2) is 39.1 Å². The Hall–Kier alpha value is -0.620. The van der Waals surface area contributed by atoms with Crippen molar-refractivity contribution in [2.75, 3.05) is 26.4 Å². The molecule has 0 aliphatic rings. The van der Waals surface area contributed by atoms with Gasteiger partial charge in [0.25, 0.3) is 0 Å². The van der Waals surface area contributed by atoms with Gasteiger partial charge in [-0.3, -0.25) is 0 Å². The van der Waals surface area contributed by atoms with Crippen LogP contribution in [0.2, 0.25) is 5.02 Å². The second kappa shape index (κ2) is 7.24. The van der Waals surface area contributed by atoms with E-state index < -0.39 is 10.0 Å². The van der Waals surface area contributed by atoms with Gasteiger partial charge in [-0.15, -0.1) is 0 Å². The Balaban J connectivity index is 2.75. The highest BCUT2D eigenvalue weighted by molar-refractivity contribution is 7.89. The van der Waals surface area contributed by atoms with E-state index in [1.807, 2.05) is 26.1 Å². The van der Waals surface area contributed by atoms with Crippen LogP contribution in [0, 0.1) is 0 Å². The summed E-state index contributed by atoms with van der Waals surface area (Å²) in [4.78, 5) is 0. The first-order valence-corrected chi connectivity index (χ1v) is 8.23. The molecular formula is C13H21ClN2O2S. The number of rotatable bonds is 7. The lowest BCUT2D eigenvalue weighted by molar-refractivity contribution is 0.397. The Morgan fingerprint density at radius 2 is 1.89 bits per heavy atom. The van der Waals surface area contributed by atoms with Crippen molar-refractivity contribution >= 4 is 21.6 Å². The average Bonchev–Trinajstić information content (AvgIpc) is 2.38. The third-order valence-corrected chi connectivity index (χ3v) is 5.42. The number of nitrogens with zero attached hydrogens (tertiary/aromatic N) is 1. The highest BCUT2D eigenvalue weighted by Crippen LogP contribution is 2.23. The van der Waals surface area contributed by atoms with E-state index in [2.05, 4.69) is 5.32 Å². The van der Waals surface area contributed by atoms with Gasteiger partial charge in [-0.05, 0) is 44.6 Å². The number of hydrogen-bond acceptors (Lipinski definition) is 3. The van der Waals surface area contributed by atoms with Gasteiger partial charge in [-0.1, -0.05) is 23.7 Å². The van der Waals surface area contributed by atoms with E-state index in [-0.39, 0.29) is 11.8 Å². The zero-order chi connectivity index (χ0) is 14.5. The Morgan fingerprint density at radius 3 is 2.42 bits per heavy atom. The molecule has 0 aromatic heterocycles. The fraction of sp³-hybridized carbons (Fsp3) is 0.538.